The van der Waals surface area contributed by atoms with Crippen LogP contribution in [0.2, 0.25) is 28.2 Å². The summed E-state index contributed by atoms with van der Waals surface area (Å²) in [5.74, 6) is -0.554. The molecule has 1 heterocycles. The van der Waals surface area contributed by atoms with Crippen molar-refractivity contribution in [2.75, 3.05) is 55.3 Å². The molecule has 1 fully saturated rings. The van der Waals surface area contributed by atoms with E-state index in [1.807, 2.05) is 109 Å². The highest BCUT2D eigenvalue weighted by Gasteiger charge is 2.51. The second-order valence-electron chi connectivity index (χ2n) is 25.0. The third kappa shape index (κ3) is 16.2. The highest BCUT2D eigenvalue weighted by Crippen LogP contribution is 2.47. The molecule has 2 atom stereocenters. The standard InChI is InChI=1S/C68H82ClF3N4O7S3Si2/c1-10-75(46-47-82-88(67(5,6)7,58-24-16-12-17-25-58)59-26-18-13-19-27-59)43-42-54(49-84-56-22-14-11-15-23-56)73-62-39-38-57(48-63(62)85(78,79)68(70,71)72)86(80,81)74-65(77)52-32-36-55(37-33-52)76-44-40-51(41-45-76)64(83-87(8,9)66(2,3)4)61-29-21-20-28-60(61)50-30-34-53(69)35-31-50/h11-39,48,51,54,64,73H,10,40-47,49H2,1-9H3,(H,74,77)/t54?,64-/m1/s1. The molecular weight excluding hydrogens is 1230 g/mol. The number of amides is 1. The van der Waals surface area contributed by atoms with E-state index >= 15 is 0 Å². The Hall–Kier alpha value is -5.75. The van der Waals surface area contributed by atoms with Gasteiger partial charge in [-0.05, 0) is 149 Å². The van der Waals surface area contributed by atoms with Crippen LogP contribution < -0.4 is 25.3 Å². The molecule has 7 aromatic carbocycles. The number of benzene rings is 7. The minimum Gasteiger partial charge on any atom is -0.410 e. The molecule has 7 aromatic rings. The van der Waals surface area contributed by atoms with E-state index < -0.39 is 69.4 Å². The number of halogens is 4. The van der Waals surface area contributed by atoms with Gasteiger partial charge in [0.25, 0.3) is 34.1 Å². The number of rotatable bonds is 25. The molecule has 0 aliphatic carbocycles. The Morgan fingerprint density at radius 3 is 1.85 bits per heavy atom. The van der Waals surface area contributed by atoms with E-state index in [9.17, 15) is 34.8 Å². The number of thioether (sulfide) groups is 1. The molecule has 1 saturated heterocycles. The number of carbonyl (C=O) groups excluding carboxylic acids is 1. The van der Waals surface area contributed by atoms with Crippen molar-refractivity contribution in [2.24, 2.45) is 5.92 Å². The molecule has 88 heavy (non-hydrogen) atoms. The van der Waals surface area contributed by atoms with Gasteiger partial charge in [-0.25, -0.2) is 21.6 Å². The Labute approximate surface area is 531 Å². The van der Waals surface area contributed by atoms with Crippen LogP contribution in [0.5, 0.6) is 0 Å². The van der Waals surface area contributed by atoms with Gasteiger partial charge in [0, 0.05) is 65.7 Å². The number of nitrogens with one attached hydrogen (secondary N) is 2. The van der Waals surface area contributed by atoms with Gasteiger partial charge in [0.2, 0.25) is 0 Å². The molecule has 2 N–H and O–H groups in total. The van der Waals surface area contributed by atoms with Crippen molar-refractivity contribution in [2.45, 2.75) is 123 Å². The lowest BCUT2D eigenvalue weighted by atomic mass is 9.84. The second-order valence-corrected chi connectivity index (χ2v) is 39.2. The number of carbonyl (C=O) groups is 1. The Bertz CT molecular complexity index is 3630. The molecule has 0 spiro atoms. The largest absolute Gasteiger partial charge is 0.501 e. The van der Waals surface area contributed by atoms with Crippen LogP contribution in [-0.2, 0) is 28.7 Å². The van der Waals surface area contributed by atoms with E-state index in [1.54, 1.807) is 12.1 Å². The van der Waals surface area contributed by atoms with Gasteiger partial charge in [0.1, 0.15) is 4.90 Å². The van der Waals surface area contributed by atoms with Crippen LogP contribution in [0.3, 0.4) is 0 Å². The number of hydrogen-bond donors (Lipinski definition) is 2. The third-order valence-corrected chi connectivity index (χ3v) is 30.9. The zero-order valence-electron chi connectivity index (χ0n) is 51.6. The average molecular weight is 1310 g/mol. The lowest BCUT2D eigenvalue weighted by molar-refractivity contribution is -0.0436. The Kier molecular flexibility index (Phi) is 22.2. The molecule has 1 amide bonds. The third-order valence-electron chi connectivity index (χ3n) is 17.1. The zero-order valence-corrected chi connectivity index (χ0v) is 56.8. The van der Waals surface area contributed by atoms with Crippen LogP contribution >= 0.6 is 23.4 Å². The molecule has 0 bridgehead atoms. The number of piperidine rings is 1. The van der Waals surface area contributed by atoms with Gasteiger partial charge >= 0.3 is 5.51 Å². The predicted molar refractivity (Wildman–Crippen MR) is 359 cm³/mol. The van der Waals surface area contributed by atoms with Crippen LogP contribution in [0.1, 0.15) is 89.8 Å². The molecule has 20 heteroatoms. The van der Waals surface area contributed by atoms with Gasteiger partial charge in [0.05, 0.1) is 16.7 Å². The van der Waals surface area contributed by atoms with Gasteiger partial charge in [-0.2, -0.15) is 13.2 Å². The van der Waals surface area contributed by atoms with Crippen LogP contribution in [0, 0.1) is 5.92 Å². The van der Waals surface area contributed by atoms with Crippen molar-refractivity contribution < 1.29 is 43.7 Å². The number of sulfone groups is 1. The van der Waals surface area contributed by atoms with Gasteiger partial charge < -0.3 is 24.0 Å². The van der Waals surface area contributed by atoms with Crippen LogP contribution in [0.25, 0.3) is 11.1 Å². The van der Waals surface area contributed by atoms with Gasteiger partial charge in [0.15, 0.2) is 8.32 Å². The number of likely N-dealkylation sites (N-methyl/N-ethyl adjacent to an activating group) is 1. The summed E-state index contributed by atoms with van der Waals surface area (Å²) >= 11 is 7.74. The van der Waals surface area contributed by atoms with E-state index in [1.165, 1.54) is 23.9 Å². The van der Waals surface area contributed by atoms with Crippen molar-refractivity contribution in [1.29, 1.82) is 0 Å². The summed E-state index contributed by atoms with van der Waals surface area (Å²) in [5, 5.41) is 5.75. The highest BCUT2D eigenvalue weighted by molar-refractivity contribution is 7.99. The number of sulfonamides is 1. The Morgan fingerprint density at radius 1 is 0.727 bits per heavy atom. The molecule has 1 aliphatic rings. The van der Waals surface area contributed by atoms with Crippen molar-refractivity contribution in [3.8, 4) is 11.1 Å². The van der Waals surface area contributed by atoms with Gasteiger partial charge in [-0.15, -0.1) is 11.8 Å². The summed E-state index contributed by atoms with van der Waals surface area (Å²) in [6.45, 7) is 23.3. The molecule has 11 nitrogen and oxygen atoms in total. The zero-order chi connectivity index (χ0) is 63.7. The molecule has 0 aromatic heterocycles. The maximum Gasteiger partial charge on any atom is 0.501 e. The second kappa shape index (κ2) is 28.6. The maximum absolute atomic E-state index is 14.7. The minimum atomic E-state index is -6.15. The van der Waals surface area contributed by atoms with E-state index in [-0.39, 0.29) is 27.7 Å². The maximum atomic E-state index is 14.7. The van der Waals surface area contributed by atoms with E-state index in [4.69, 9.17) is 20.5 Å². The fraction of sp³-hybridized carbons (Fsp3) is 0.368. The summed E-state index contributed by atoms with van der Waals surface area (Å²) in [4.78, 5) is 16.9. The molecule has 1 aliphatic heterocycles. The molecule has 8 rings (SSSR count). The minimum absolute atomic E-state index is 0.0280. The molecule has 0 saturated carbocycles. The van der Waals surface area contributed by atoms with E-state index in [0.29, 0.717) is 62.6 Å². The van der Waals surface area contributed by atoms with E-state index in [0.717, 1.165) is 62.6 Å². The van der Waals surface area contributed by atoms with Crippen LogP contribution in [-0.4, -0.2) is 101 Å². The lowest BCUT2D eigenvalue weighted by Gasteiger charge is -2.44. The van der Waals surface area contributed by atoms with Gasteiger partial charge in [-0.3, -0.25) is 4.79 Å². The first-order valence-electron chi connectivity index (χ1n) is 29.9. The first kappa shape index (κ1) is 68.2. The summed E-state index contributed by atoms with van der Waals surface area (Å²) in [5.41, 5.74) is -2.17. The number of nitrogens with zero attached hydrogens (tertiary/aromatic N) is 2. The average Bonchev–Trinajstić information content (AvgIpc) is 2.62. The van der Waals surface area contributed by atoms with Gasteiger partial charge in [-0.1, -0.05) is 175 Å². The fourth-order valence-corrected chi connectivity index (χ4v) is 20.2. The van der Waals surface area contributed by atoms with Crippen molar-refractivity contribution in [1.82, 2.24) is 9.62 Å². The molecular formula is C68H82ClF3N4O7S3Si2. The Balaban J connectivity index is 0.972. The lowest BCUT2D eigenvalue weighted by Crippen LogP contribution is -2.67. The quantitative estimate of drug-likeness (QED) is 0.0418. The highest BCUT2D eigenvalue weighted by atomic mass is 35.5. The first-order valence-corrected chi connectivity index (χ1v) is 39.0. The summed E-state index contributed by atoms with van der Waals surface area (Å²) < 4.78 is 115. The SMILES string of the molecule is CCN(CCO[Si](c1ccccc1)(c1ccccc1)C(C)(C)C)CCC(CSc1ccccc1)Nc1ccc(S(=O)(=O)NC(=O)c2ccc(N3CCC([C@@H](O[Si](C)(C)C(C)(C)C)c4ccccc4-c4ccc(Cl)cc4)CC3)cc2)cc1S(=O)(=O)C(F)(F)F. The predicted octanol–water partition coefficient (Wildman–Crippen LogP) is 15.3. The Morgan fingerprint density at radius 2 is 1.30 bits per heavy atom. The summed E-state index contributed by atoms with van der Waals surface area (Å²) in [6, 6.07) is 54.6. The van der Waals surface area contributed by atoms with Crippen LogP contribution in [0.4, 0.5) is 24.5 Å². The summed E-state index contributed by atoms with van der Waals surface area (Å²) in [6.07, 6.45) is 1.80. The fourth-order valence-electron chi connectivity index (χ4n) is 11.2. The molecule has 0 radical (unpaired) electrons. The monoisotopic (exact) mass is 1310 g/mol. The normalized spacial score (nSPS) is 14.8. The first-order chi connectivity index (χ1) is 41.5. The van der Waals surface area contributed by atoms with Crippen LogP contribution in [0.15, 0.2) is 197 Å². The topological polar surface area (TPSA) is 134 Å². The number of anilines is 2. The van der Waals surface area contributed by atoms with Crippen molar-refractivity contribution >= 4 is 87.5 Å². The summed E-state index contributed by atoms with van der Waals surface area (Å²) in [7, 11) is -16.2. The van der Waals surface area contributed by atoms with E-state index in [2.05, 4.69) is 112 Å². The number of hydrogen-bond acceptors (Lipinski definition) is 11. The smallest absolute Gasteiger partial charge is 0.410 e. The number of alkyl halides is 3. The van der Waals surface area contributed by atoms with Crippen molar-refractivity contribution in [3.05, 3.63) is 198 Å². The molecule has 470 valence electrons. The molecule has 1 unspecified atom stereocenters. The van der Waals surface area contributed by atoms with Crippen molar-refractivity contribution in [3.63, 3.8) is 0 Å².